The lowest BCUT2D eigenvalue weighted by Gasteiger charge is -2.26. The number of aryl methyl sites for hydroxylation is 3. The van der Waals surface area contributed by atoms with E-state index < -0.39 is 80.0 Å². The number of hydrogen-bond donors (Lipinski definition) is 5. The van der Waals surface area contributed by atoms with Gasteiger partial charge in [-0.05, 0) is 184 Å². The number of aliphatic hydroxyl groups excluding tert-OH is 1. The summed E-state index contributed by atoms with van der Waals surface area (Å²) in [5.74, 6) is -0.745. The molecular weight excluding hydrogens is 1290 g/mol. The van der Waals surface area contributed by atoms with E-state index in [0.29, 0.717) is 48.7 Å². The van der Waals surface area contributed by atoms with Crippen molar-refractivity contribution >= 4 is 36.4 Å². The number of alkyl halides is 9. The SMILES string of the molecule is C1CCNCC1.CNS(=O)(=O)c1cc(-c2cc(CCC=O)nc(C#N)n2)cc(C(F)(F)F)c1.CNS(=O)(=O)c1cc(-c2cc(CCCN3CCCCC3)nc(C#N)n2)cc(C(F)(F)F)c1.CNS(=O)(=O)c1cc(-c2cc(CCCO)nc(C#N)n2)cc(C(F)(F)F)c1. The van der Waals surface area contributed by atoms with Crippen LogP contribution in [0.25, 0.3) is 33.8 Å². The molecule has 22 nitrogen and oxygen atoms in total. The highest BCUT2D eigenvalue weighted by molar-refractivity contribution is 7.90. The third-order valence-electron chi connectivity index (χ3n) is 13.6. The Morgan fingerprint density at radius 3 is 1.12 bits per heavy atom. The van der Waals surface area contributed by atoms with Crippen molar-refractivity contribution in [1.82, 2.24) is 54.3 Å². The number of aliphatic hydroxyl groups is 1. The van der Waals surface area contributed by atoms with Gasteiger partial charge in [0.05, 0.1) is 48.5 Å². The number of nitrogens with zero attached hydrogens (tertiary/aromatic N) is 10. The van der Waals surface area contributed by atoms with E-state index in [9.17, 15) is 74.8 Å². The molecule has 3 aromatic heterocycles. The molecule has 0 aliphatic carbocycles. The van der Waals surface area contributed by atoms with Gasteiger partial charge < -0.3 is 20.1 Å². The number of aldehydes is 1. The predicted octanol–water partition coefficient (Wildman–Crippen LogP) is 8.06. The minimum atomic E-state index is -4.79. The summed E-state index contributed by atoms with van der Waals surface area (Å²) in [5.41, 5.74) is -2.63. The minimum Gasteiger partial charge on any atom is -0.396 e. The summed E-state index contributed by atoms with van der Waals surface area (Å²) >= 11 is 0. The van der Waals surface area contributed by atoms with Gasteiger partial charge in [0.15, 0.2) is 0 Å². The van der Waals surface area contributed by atoms with Crippen LogP contribution in [0, 0.1) is 34.0 Å². The number of piperidine rings is 2. The summed E-state index contributed by atoms with van der Waals surface area (Å²) in [6.45, 7) is 5.33. The molecule has 0 radical (unpaired) electrons. The predicted molar refractivity (Wildman–Crippen MR) is 315 cm³/mol. The van der Waals surface area contributed by atoms with Crippen molar-refractivity contribution in [3.05, 3.63) is 124 Å². The third-order valence-corrected chi connectivity index (χ3v) is 17.8. The molecule has 34 heteroatoms. The molecule has 5 heterocycles. The van der Waals surface area contributed by atoms with Gasteiger partial charge in [-0.15, -0.1) is 0 Å². The summed E-state index contributed by atoms with van der Waals surface area (Å²) in [6.07, 6.45) is -3.71. The Hall–Kier alpha value is -7.98. The second-order valence-corrected chi connectivity index (χ2v) is 25.9. The van der Waals surface area contributed by atoms with Crippen LogP contribution in [0.1, 0.15) is 109 Å². The van der Waals surface area contributed by atoms with Gasteiger partial charge in [-0.2, -0.15) is 55.3 Å². The molecule has 2 aliphatic rings. The van der Waals surface area contributed by atoms with Gasteiger partial charge in [-0.1, -0.05) is 12.8 Å². The second-order valence-electron chi connectivity index (χ2n) is 20.2. The second kappa shape index (κ2) is 33.6. The molecule has 5 N–H and O–H groups in total. The number of nitrogens with one attached hydrogen (secondary N) is 4. The first kappa shape index (κ1) is 74.7. The van der Waals surface area contributed by atoms with E-state index in [-0.39, 0.29) is 82.8 Å². The van der Waals surface area contributed by atoms with Crippen molar-refractivity contribution in [1.29, 1.82) is 15.8 Å². The number of nitriles is 3. The van der Waals surface area contributed by atoms with Crippen LogP contribution in [0.4, 0.5) is 39.5 Å². The summed E-state index contributed by atoms with van der Waals surface area (Å²) in [7, 11) is -9.15. The highest BCUT2D eigenvalue weighted by Gasteiger charge is 2.35. The normalized spacial score (nSPS) is 13.9. The van der Waals surface area contributed by atoms with Crippen LogP contribution in [0.2, 0.25) is 0 Å². The zero-order valence-corrected chi connectivity index (χ0v) is 52.1. The zero-order chi connectivity index (χ0) is 68.1. The van der Waals surface area contributed by atoms with Crippen LogP contribution in [0.5, 0.6) is 0 Å². The standard InChI is InChI=1S/C21H24F3N5O2S.C16H15F3N4O3S.C16H13F3N4O3S.C5H11N/c1-26-32(30,31)18-11-15(10-16(12-18)21(22,23)24)19-13-17(27-20(14-25)28-19)6-5-9-29-7-3-2-4-8-29;2*1-21-27(25,26)13-6-10(5-11(7-13)16(17,18)19)14-8-12(3-2-4-24)22-15(9-20)23-14;1-2-4-6-5-3-1/h10-13,26H,2-9H2,1H3;5-8,21,24H,2-4H2,1H3;4-8,21H,2-3H2,1H3;6H,1-5H2. The number of rotatable bonds is 19. The van der Waals surface area contributed by atoms with Crippen molar-refractivity contribution in [3.63, 3.8) is 0 Å². The number of carbonyl (C=O) groups excluding carboxylic acids is 1. The number of halogens is 9. The Bertz CT molecular complexity index is 4010. The van der Waals surface area contributed by atoms with Crippen LogP contribution < -0.4 is 19.5 Å². The molecule has 3 aromatic carbocycles. The first-order valence-corrected chi connectivity index (χ1v) is 32.6. The first-order chi connectivity index (χ1) is 43.3. The van der Waals surface area contributed by atoms with E-state index in [0.717, 1.165) is 83.6 Å². The largest absolute Gasteiger partial charge is 0.416 e. The Morgan fingerprint density at radius 2 is 0.837 bits per heavy atom. The van der Waals surface area contributed by atoms with Crippen LogP contribution >= 0.6 is 0 Å². The lowest BCUT2D eigenvalue weighted by atomic mass is 10.1. The summed E-state index contributed by atoms with van der Waals surface area (Å²) in [6, 6.07) is 16.5. The molecule has 92 heavy (non-hydrogen) atoms. The number of aromatic nitrogens is 6. The van der Waals surface area contributed by atoms with E-state index in [2.05, 4.69) is 40.1 Å². The molecule has 2 saturated heterocycles. The molecule has 0 amide bonds. The minimum absolute atomic E-state index is 0.0202. The van der Waals surface area contributed by atoms with Crippen molar-refractivity contribution < 1.29 is 74.7 Å². The average Bonchev–Trinajstić information content (AvgIpc) is 0.827. The molecular formula is C58H63F9N14O8S3. The monoisotopic (exact) mass is 1350 g/mol. The number of benzene rings is 3. The van der Waals surface area contributed by atoms with Gasteiger partial charge in [0.25, 0.3) is 0 Å². The van der Waals surface area contributed by atoms with Crippen LogP contribution in [0.15, 0.2) is 87.5 Å². The molecule has 2 aliphatic heterocycles. The van der Waals surface area contributed by atoms with Crippen molar-refractivity contribution in [2.24, 2.45) is 0 Å². The van der Waals surface area contributed by atoms with Gasteiger partial charge in [-0.25, -0.2) is 69.3 Å². The van der Waals surface area contributed by atoms with Crippen LogP contribution in [-0.2, 0) is 72.7 Å². The fraction of sp³-hybridized carbons (Fsp3) is 0.414. The fourth-order valence-electron chi connectivity index (χ4n) is 8.96. The van der Waals surface area contributed by atoms with Crippen LogP contribution in [-0.4, -0.2) is 132 Å². The molecule has 8 rings (SSSR count). The van der Waals surface area contributed by atoms with E-state index in [4.69, 9.17) is 15.6 Å². The number of likely N-dealkylation sites (tertiary alicyclic amines) is 1. The van der Waals surface area contributed by atoms with Gasteiger partial charge >= 0.3 is 18.5 Å². The maximum atomic E-state index is 13.4. The molecule has 0 saturated carbocycles. The van der Waals surface area contributed by atoms with E-state index in [1.54, 1.807) is 12.1 Å². The maximum Gasteiger partial charge on any atom is 0.416 e. The van der Waals surface area contributed by atoms with Gasteiger partial charge in [-0.3, -0.25) is 0 Å². The van der Waals surface area contributed by atoms with Crippen molar-refractivity contribution in [2.75, 3.05) is 60.5 Å². The van der Waals surface area contributed by atoms with Gasteiger partial charge in [0.1, 0.15) is 24.5 Å². The fourth-order valence-corrected chi connectivity index (χ4v) is 11.4. The quantitative estimate of drug-likeness (QED) is 0.0378. The van der Waals surface area contributed by atoms with E-state index in [1.165, 1.54) is 69.8 Å². The summed E-state index contributed by atoms with van der Waals surface area (Å²) < 4.78 is 198. The molecule has 494 valence electrons. The highest BCUT2D eigenvalue weighted by atomic mass is 32.2. The average molecular weight is 1350 g/mol. The van der Waals surface area contributed by atoms with Gasteiger partial charge in [0.2, 0.25) is 47.5 Å². The molecule has 0 unspecified atom stereocenters. The Kier molecular flexibility index (Phi) is 27.3. The summed E-state index contributed by atoms with van der Waals surface area (Å²) in [5, 5.41) is 39.6. The Labute approximate surface area is 525 Å². The number of sulfonamides is 3. The number of hydrogen-bond acceptors (Lipinski definition) is 19. The third kappa shape index (κ3) is 22.4. The molecule has 6 aromatic rings. The van der Waals surface area contributed by atoms with Crippen LogP contribution in [0.3, 0.4) is 0 Å². The molecule has 0 spiro atoms. The Balaban J connectivity index is 0.000000240. The van der Waals surface area contributed by atoms with E-state index in [1.807, 2.05) is 20.2 Å². The maximum absolute atomic E-state index is 13.4. The van der Waals surface area contributed by atoms with Crippen molar-refractivity contribution in [3.8, 4) is 52.0 Å². The molecule has 2 fully saturated rings. The van der Waals surface area contributed by atoms with Crippen molar-refractivity contribution in [2.45, 2.75) is 110 Å². The van der Waals surface area contributed by atoms with Gasteiger partial charge in [0, 0.05) is 46.8 Å². The zero-order valence-electron chi connectivity index (χ0n) is 49.6. The lowest BCUT2D eigenvalue weighted by molar-refractivity contribution is -0.138. The summed E-state index contributed by atoms with van der Waals surface area (Å²) in [4.78, 5) is 34.9. The van der Waals surface area contributed by atoms with E-state index >= 15 is 0 Å². The molecule has 0 bridgehead atoms. The highest BCUT2D eigenvalue weighted by Crippen LogP contribution is 2.37. The smallest absolute Gasteiger partial charge is 0.396 e. The Morgan fingerprint density at radius 1 is 0.500 bits per heavy atom. The molecule has 0 atom stereocenters. The lowest BCUT2D eigenvalue weighted by Crippen LogP contribution is -2.30. The first-order valence-electron chi connectivity index (χ1n) is 28.1. The topological polar surface area (TPSA) is 340 Å². The number of carbonyl (C=O) groups is 1.